The lowest BCUT2D eigenvalue weighted by atomic mass is 10.1. The third-order valence-corrected chi connectivity index (χ3v) is 5.97. The molecule has 7 nitrogen and oxygen atoms in total. The van der Waals surface area contributed by atoms with Gasteiger partial charge in [0, 0.05) is 34.7 Å². The second kappa shape index (κ2) is 16.7. The summed E-state index contributed by atoms with van der Waals surface area (Å²) in [7, 11) is 0. The molecule has 0 spiro atoms. The van der Waals surface area contributed by atoms with E-state index >= 15 is 0 Å². The molecule has 0 aliphatic heterocycles. The van der Waals surface area contributed by atoms with Gasteiger partial charge in [-0.3, -0.25) is 0 Å². The predicted molar refractivity (Wildman–Crippen MR) is 139 cm³/mol. The lowest BCUT2D eigenvalue weighted by Crippen LogP contribution is -2.11. The maximum absolute atomic E-state index is 9.60. The second-order valence-electron chi connectivity index (χ2n) is 6.24. The summed E-state index contributed by atoms with van der Waals surface area (Å²) in [6.07, 6.45) is 2.94. The fourth-order valence-electron chi connectivity index (χ4n) is 2.47. The molecule has 1 amide bonds. The average Bonchev–Trinajstić information content (AvgIpc) is 3.36. The molecule has 2 heterocycles. The average molecular weight is 489 g/mol. The van der Waals surface area contributed by atoms with Crippen LogP contribution in [0.3, 0.4) is 0 Å². The van der Waals surface area contributed by atoms with Crippen LogP contribution in [0.15, 0.2) is 66.2 Å². The molecule has 0 saturated carbocycles. The molecule has 9 heteroatoms. The van der Waals surface area contributed by atoms with E-state index in [1.165, 1.54) is 5.56 Å². The van der Waals surface area contributed by atoms with E-state index in [-0.39, 0.29) is 6.61 Å². The lowest BCUT2D eigenvalue weighted by molar-refractivity contribution is 0.163. The van der Waals surface area contributed by atoms with E-state index in [0.29, 0.717) is 12.6 Å². The topological polar surface area (TPSA) is 110 Å². The standard InChI is InChI=1S/C19H21N3OS2.C3H7NO2.C2H4/c1-2-14-6-8-15(9-7-14)21-19-20-13-16(17-5-3-11-24-17)18(22-19)25-12-4-10-23;1-2-6-3(4)5;1-2/h3,5-9,11,13,23H,2,4,10,12H2,1H3,(H,20,21,22);2H2,1H3,(H2,4,5);1-2H2. The van der Waals surface area contributed by atoms with Crippen LogP contribution < -0.4 is 11.1 Å². The monoisotopic (exact) mass is 488 g/mol. The zero-order valence-electron chi connectivity index (χ0n) is 19.1. The Kier molecular flexibility index (Phi) is 14.3. The molecule has 0 atom stereocenters. The molecule has 1 aromatic carbocycles. The molecule has 3 aromatic rings. The lowest BCUT2D eigenvalue weighted by Gasteiger charge is -2.10. The van der Waals surface area contributed by atoms with Crippen molar-refractivity contribution in [2.45, 2.75) is 31.7 Å². The minimum atomic E-state index is -0.711. The van der Waals surface area contributed by atoms with Crippen molar-refractivity contribution in [1.29, 1.82) is 0 Å². The molecule has 178 valence electrons. The summed E-state index contributed by atoms with van der Waals surface area (Å²) in [5, 5.41) is 15.3. The summed E-state index contributed by atoms with van der Waals surface area (Å²) in [5.74, 6) is 1.42. The van der Waals surface area contributed by atoms with Crippen LogP contribution in [-0.2, 0) is 11.2 Å². The summed E-state index contributed by atoms with van der Waals surface area (Å²) < 4.78 is 4.18. The first-order valence-electron chi connectivity index (χ1n) is 10.5. The quantitative estimate of drug-likeness (QED) is 0.149. The third kappa shape index (κ3) is 10.5. The highest BCUT2D eigenvalue weighted by Crippen LogP contribution is 2.33. The Labute approximate surface area is 204 Å². The molecule has 0 fully saturated rings. The number of anilines is 2. The third-order valence-electron chi connectivity index (χ3n) is 3.99. The van der Waals surface area contributed by atoms with Crippen LogP contribution >= 0.6 is 23.1 Å². The number of ether oxygens (including phenoxy) is 1. The zero-order valence-corrected chi connectivity index (χ0v) is 20.8. The number of hydrogen-bond acceptors (Lipinski definition) is 8. The first-order chi connectivity index (χ1) is 16.1. The predicted octanol–water partition coefficient (Wildman–Crippen LogP) is 5.89. The Hall–Kier alpha value is -2.88. The number of nitrogens with two attached hydrogens (primary N) is 1. The van der Waals surface area contributed by atoms with Crippen molar-refractivity contribution in [3.63, 3.8) is 0 Å². The maximum atomic E-state index is 9.60. The number of amides is 1. The van der Waals surface area contributed by atoms with E-state index < -0.39 is 6.09 Å². The first-order valence-corrected chi connectivity index (χ1v) is 12.4. The molecule has 0 aliphatic carbocycles. The van der Waals surface area contributed by atoms with Crippen LogP contribution in [0.25, 0.3) is 10.4 Å². The van der Waals surface area contributed by atoms with E-state index in [1.54, 1.807) is 30.0 Å². The van der Waals surface area contributed by atoms with Gasteiger partial charge in [0.05, 0.1) is 6.61 Å². The number of thioether (sulfide) groups is 1. The van der Waals surface area contributed by atoms with Gasteiger partial charge >= 0.3 is 6.09 Å². The van der Waals surface area contributed by atoms with Crippen molar-refractivity contribution in [3.8, 4) is 10.4 Å². The normalized spacial score (nSPS) is 9.67. The highest BCUT2D eigenvalue weighted by Gasteiger charge is 2.11. The summed E-state index contributed by atoms with van der Waals surface area (Å²) in [5.41, 5.74) is 7.87. The number of aromatic nitrogens is 2. The number of aryl methyl sites for hydroxylation is 1. The number of nitrogens with zero attached hydrogens (tertiary/aromatic N) is 2. The maximum Gasteiger partial charge on any atom is 0.404 e. The van der Waals surface area contributed by atoms with E-state index in [2.05, 4.69) is 64.4 Å². The SMILES string of the molecule is C=C.CCOC(N)=O.CCc1ccc(Nc2ncc(-c3cccs3)c(SCCCO)n2)cc1. The van der Waals surface area contributed by atoms with Gasteiger partial charge in [-0.1, -0.05) is 25.1 Å². The van der Waals surface area contributed by atoms with Gasteiger partial charge in [-0.25, -0.2) is 14.8 Å². The molecule has 0 aliphatic rings. The Morgan fingerprint density at radius 1 is 1.24 bits per heavy atom. The smallest absolute Gasteiger partial charge is 0.404 e. The molecular formula is C24H32N4O3S2. The van der Waals surface area contributed by atoms with Gasteiger partial charge in [-0.2, -0.15) is 0 Å². The van der Waals surface area contributed by atoms with E-state index in [1.807, 2.05) is 24.4 Å². The number of thiophene rings is 1. The van der Waals surface area contributed by atoms with Gasteiger partial charge in [0.25, 0.3) is 0 Å². The highest BCUT2D eigenvalue weighted by molar-refractivity contribution is 7.99. The van der Waals surface area contributed by atoms with Gasteiger partial charge in [0.2, 0.25) is 5.95 Å². The van der Waals surface area contributed by atoms with E-state index in [4.69, 9.17) is 10.1 Å². The van der Waals surface area contributed by atoms with Gasteiger partial charge in [0.15, 0.2) is 0 Å². The van der Waals surface area contributed by atoms with Crippen molar-refractivity contribution in [2.75, 3.05) is 24.3 Å². The Morgan fingerprint density at radius 3 is 2.48 bits per heavy atom. The van der Waals surface area contributed by atoms with Crippen LogP contribution in [0.4, 0.5) is 16.4 Å². The van der Waals surface area contributed by atoms with Gasteiger partial charge in [-0.15, -0.1) is 36.3 Å². The number of carbonyl (C=O) groups is 1. The van der Waals surface area contributed by atoms with Gasteiger partial charge < -0.3 is 20.9 Å². The molecule has 33 heavy (non-hydrogen) atoms. The molecule has 2 aromatic heterocycles. The summed E-state index contributed by atoms with van der Waals surface area (Å²) in [6.45, 7) is 10.4. The first kappa shape index (κ1) is 28.2. The van der Waals surface area contributed by atoms with Gasteiger partial charge in [0.1, 0.15) is 5.03 Å². The van der Waals surface area contributed by atoms with Crippen molar-refractivity contribution >= 4 is 40.8 Å². The number of hydrogen-bond donors (Lipinski definition) is 3. The van der Waals surface area contributed by atoms with Gasteiger partial charge in [-0.05, 0) is 48.9 Å². The van der Waals surface area contributed by atoms with Crippen LogP contribution in [0.1, 0.15) is 25.8 Å². The number of benzene rings is 1. The largest absolute Gasteiger partial charge is 0.450 e. The van der Waals surface area contributed by atoms with Crippen LogP contribution in [-0.4, -0.2) is 40.1 Å². The minimum absolute atomic E-state index is 0.196. The Bertz CT molecular complexity index is 935. The van der Waals surface area contributed by atoms with Crippen molar-refractivity contribution < 1.29 is 14.6 Å². The van der Waals surface area contributed by atoms with Crippen molar-refractivity contribution in [2.24, 2.45) is 5.73 Å². The highest BCUT2D eigenvalue weighted by atomic mass is 32.2. The number of rotatable bonds is 9. The number of primary amides is 1. The summed E-state index contributed by atoms with van der Waals surface area (Å²) in [4.78, 5) is 19.9. The number of nitrogens with one attached hydrogen (secondary N) is 1. The fourth-order valence-corrected chi connectivity index (χ4v) is 4.20. The minimum Gasteiger partial charge on any atom is -0.450 e. The van der Waals surface area contributed by atoms with Crippen LogP contribution in [0, 0.1) is 0 Å². The second-order valence-corrected chi connectivity index (χ2v) is 8.27. The van der Waals surface area contributed by atoms with E-state index in [9.17, 15) is 4.79 Å². The molecule has 0 unspecified atom stereocenters. The van der Waals surface area contributed by atoms with Crippen molar-refractivity contribution in [3.05, 3.63) is 66.7 Å². The Balaban J connectivity index is 0.000000593. The van der Waals surface area contributed by atoms with E-state index in [0.717, 1.165) is 39.7 Å². The summed E-state index contributed by atoms with van der Waals surface area (Å²) >= 11 is 3.34. The Morgan fingerprint density at radius 2 is 1.97 bits per heavy atom. The molecule has 0 saturated heterocycles. The fraction of sp³-hybridized carbons (Fsp3) is 0.292. The van der Waals surface area contributed by atoms with Crippen LogP contribution in [0.5, 0.6) is 0 Å². The molecule has 0 radical (unpaired) electrons. The molecule has 4 N–H and O–H groups in total. The van der Waals surface area contributed by atoms with Crippen molar-refractivity contribution in [1.82, 2.24) is 9.97 Å². The zero-order chi connectivity index (χ0) is 24.5. The number of aliphatic hydroxyl groups excluding tert-OH is 1. The number of carbonyl (C=O) groups excluding carboxylic acids is 1. The summed E-state index contributed by atoms with van der Waals surface area (Å²) in [6, 6.07) is 12.4. The molecule has 0 bridgehead atoms. The molecular weight excluding hydrogens is 456 g/mol. The molecule has 3 rings (SSSR count). The van der Waals surface area contributed by atoms with Crippen LogP contribution in [0.2, 0.25) is 0 Å². The number of aliphatic hydroxyl groups is 1.